The molecule has 0 spiro atoms. The summed E-state index contributed by atoms with van der Waals surface area (Å²) >= 11 is 0. The zero-order valence-corrected chi connectivity index (χ0v) is 19.1. The van der Waals surface area contributed by atoms with E-state index in [1.807, 2.05) is 18.2 Å². The number of para-hydroxylation sites is 1. The summed E-state index contributed by atoms with van der Waals surface area (Å²) in [7, 11) is -3.97. The highest BCUT2D eigenvalue weighted by atomic mass is 32.2. The molecule has 2 atom stereocenters. The minimum absolute atomic E-state index is 0.0366. The van der Waals surface area contributed by atoms with Gasteiger partial charge in [-0.3, -0.25) is 14.4 Å². The third-order valence-corrected chi connectivity index (χ3v) is 7.31. The number of carbonyl (C=O) groups is 1. The lowest BCUT2D eigenvalue weighted by molar-refractivity contribution is 0.0937. The highest BCUT2D eigenvalue weighted by Gasteiger charge is 2.28. The van der Waals surface area contributed by atoms with Crippen molar-refractivity contribution >= 4 is 21.6 Å². The van der Waals surface area contributed by atoms with Crippen LogP contribution in [0, 0.1) is 5.82 Å². The minimum Gasteiger partial charge on any atom is -0.348 e. The van der Waals surface area contributed by atoms with E-state index < -0.39 is 15.8 Å². The zero-order chi connectivity index (χ0) is 23.4. The Morgan fingerprint density at radius 1 is 1.00 bits per heavy atom. The maximum atomic E-state index is 13.2. The molecule has 3 aromatic carbocycles. The molecule has 0 radical (unpaired) electrons. The summed E-state index contributed by atoms with van der Waals surface area (Å²) in [5.74, 6) is -0.868. The highest BCUT2D eigenvalue weighted by molar-refractivity contribution is 7.92. The number of rotatable bonds is 7. The molecule has 1 heterocycles. The summed E-state index contributed by atoms with van der Waals surface area (Å²) < 4.78 is 41.0. The van der Waals surface area contributed by atoms with E-state index in [-0.39, 0.29) is 34.1 Å². The molecule has 172 valence electrons. The van der Waals surface area contributed by atoms with Crippen LogP contribution in [0.4, 0.5) is 10.1 Å². The summed E-state index contributed by atoms with van der Waals surface area (Å²) in [4.78, 5) is 15.3. The molecule has 3 aromatic rings. The Bertz CT molecular complexity index is 1220. The van der Waals surface area contributed by atoms with Gasteiger partial charge in [0.2, 0.25) is 0 Å². The van der Waals surface area contributed by atoms with Crippen molar-refractivity contribution in [3.05, 3.63) is 95.8 Å². The molecule has 4 rings (SSSR count). The number of hydrogen-bond donors (Lipinski definition) is 2. The molecule has 0 saturated carbocycles. The van der Waals surface area contributed by atoms with Gasteiger partial charge in [-0.1, -0.05) is 42.5 Å². The Labute approximate surface area is 193 Å². The number of amides is 1. The maximum Gasteiger partial charge on any atom is 0.261 e. The predicted octanol–water partition coefficient (Wildman–Crippen LogP) is 4.19. The topological polar surface area (TPSA) is 78.5 Å². The zero-order valence-electron chi connectivity index (χ0n) is 18.2. The van der Waals surface area contributed by atoms with Crippen molar-refractivity contribution < 1.29 is 17.6 Å². The Kier molecular flexibility index (Phi) is 6.76. The quantitative estimate of drug-likeness (QED) is 0.546. The second kappa shape index (κ2) is 9.72. The first-order chi connectivity index (χ1) is 15.8. The van der Waals surface area contributed by atoms with Crippen LogP contribution in [0.5, 0.6) is 0 Å². The second-order valence-electron chi connectivity index (χ2n) is 8.15. The average molecular weight is 468 g/mol. The van der Waals surface area contributed by atoms with Crippen LogP contribution in [0.1, 0.15) is 35.3 Å². The number of benzene rings is 3. The van der Waals surface area contributed by atoms with E-state index in [0.29, 0.717) is 6.54 Å². The minimum atomic E-state index is -3.97. The lowest BCUT2D eigenvalue weighted by Gasteiger charge is -2.25. The van der Waals surface area contributed by atoms with Crippen molar-refractivity contribution in [2.45, 2.75) is 30.3 Å². The molecule has 8 heteroatoms. The maximum absolute atomic E-state index is 13.2. The lowest BCUT2D eigenvalue weighted by atomic mass is 10.1. The van der Waals surface area contributed by atoms with Crippen LogP contribution in [0.2, 0.25) is 0 Å². The molecule has 0 bridgehead atoms. The number of likely N-dealkylation sites (tertiary alicyclic amines) is 1. The molecular formula is C25H26FN3O3S. The van der Waals surface area contributed by atoms with Crippen LogP contribution in [0.25, 0.3) is 0 Å². The monoisotopic (exact) mass is 467 g/mol. The number of hydrogen-bond acceptors (Lipinski definition) is 4. The van der Waals surface area contributed by atoms with E-state index in [2.05, 4.69) is 34.0 Å². The van der Waals surface area contributed by atoms with E-state index in [9.17, 15) is 17.6 Å². The van der Waals surface area contributed by atoms with E-state index in [4.69, 9.17) is 0 Å². The number of carbonyl (C=O) groups excluding carboxylic acids is 1. The number of anilines is 1. The smallest absolute Gasteiger partial charge is 0.261 e. The van der Waals surface area contributed by atoms with Crippen molar-refractivity contribution in [3.8, 4) is 0 Å². The third-order valence-electron chi connectivity index (χ3n) is 5.92. The van der Waals surface area contributed by atoms with Crippen molar-refractivity contribution in [1.29, 1.82) is 0 Å². The molecule has 1 fully saturated rings. The Hall–Kier alpha value is -3.23. The molecule has 2 N–H and O–H groups in total. The normalized spacial score (nSPS) is 17.5. The number of sulfonamides is 1. The van der Waals surface area contributed by atoms with E-state index in [1.54, 1.807) is 18.2 Å². The highest BCUT2D eigenvalue weighted by Crippen LogP contribution is 2.25. The van der Waals surface area contributed by atoms with Crippen LogP contribution in [-0.2, 0) is 10.0 Å². The molecule has 2 unspecified atom stereocenters. The van der Waals surface area contributed by atoms with Crippen molar-refractivity contribution in [1.82, 2.24) is 10.2 Å². The standard InChI is InChI=1S/C25H26FN3O3S/c1-18(19-7-3-2-4-8-19)29-16-15-21(17-29)27-25(30)23-9-5-6-10-24(23)28-33(31,32)22-13-11-20(26)12-14-22/h2-14,18,21,28H,15-17H2,1H3,(H,27,30). The largest absolute Gasteiger partial charge is 0.348 e. The van der Waals surface area contributed by atoms with Gasteiger partial charge in [-0.2, -0.15) is 0 Å². The average Bonchev–Trinajstić information content (AvgIpc) is 3.28. The van der Waals surface area contributed by atoms with Gasteiger partial charge in [0.15, 0.2) is 0 Å². The summed E-state index contributed by atoms with van der Waals surface area (Å²) in [5, 5.41) is 3.04. The Morgan fingerprint density at radius 3 is 2.39 bits per heavy atom. The van der Waals surface area contributed by atoms with Gasteiger partial charge in [0.05, 0.1) is 16.1 Å². The van der Waals surface area contributed by atoms with Gasteiger partial charge in [0.25, 0.3) is 15.9 Å². The fourth-order valence-electron chi connectivity index (χ4n) is 4.05. The van der Waals surface area contributed by atoms with Gasteiger partial charge in [0.1, 0.15) is 5.82 Å². The van der Waals surface area contributed by atoms with Crippen molar-refractivity contribution in [3.63, 3.8) is 0 Å². The van der Waals surface area contributed by atoms with Crippen LogP contribution in [0.15, 0.2) is 83.8 Å². The lowest BCUT2D eigenvalue weighted by Crippen LogP contribution is -2.38. The van der Waals surface area contributed by atoms with Crippen molar-refractivity contribution in [2.75, 3.05) is 17.8 Å². The summed E-state index contributed by atoms with van der Waals surface area (Å²) in [6, 6.07) is 21.4. The van der Waals surface area contributed by atoms with Gasteiger partial charge in [-0.15, -0.1) is 0 Å². The second-order valence-corrected chi connectivity index (χ2v) is 9.83. The van der Waals surface area contributed by atoms with E-state index in [1.165, 1.54) is 23.8 Å². The number of nitrogens with one attached hydrogen (secondary N) is 2. The molecule has 1 amide bonds. The first-order valence-corrected chi connectivity index (χ1v) is 12.3. The Balaban J connectivity index is 1.44. The SMILES string of the molecule is CC(c1ccccc1)N1CCC(NC(=O)c2ccccc2NS(=O)(=O)c2ccc(F)cc2)C1. The van der Waals surface area contributed by atoms with Gasteiger partial charge in [0, 0.05) is 25.2 Å². The van der Waals surface area contributed by atoms with Gasteiger partial charge >= 0.3 is 0 Å². The molecule has 1 saturated heterocycles. The molecule has 0 aliphatic carbocycles. The molecule has 0 aromatic heterocycles. The molecule has 1 aliphatic heterocycles. The van der Waals surface area contributed by atoms with Gasteiger partial charge in [-0.25, -0.2) is 12.8 Å². The number of nitrogens with zero attached hydrogens (tertiary/aromatic N) is 1. The summed E-state index contributed by atoms with van der Waals surface area (Å²) in [5.41, 5.74) is 1.63. The van der Waals surface area contributed by atoms with Crippen molar-refractivity contribution in [2.24, 2.45) is 0 Å². The van der Waals surface area contributed by atoms with Gasteiger partial charge < -0.3 is 5.32 Å². The van der Waals surface area contributed by atoms with E-state index >= 15 is 0 Å². The molecular weight excluding hydrogens is 441 g/mol. The van der Waals surface area contributed by atoms with Crippen LogP contribution < -0.4 is 10.0 Å². The molecule has 1 aliphatic rings. The fraction of sp³-hybridized carbons (Fsp3) is 0.240. The van der Waals surface area contributed by atoms with Crippen LogP contribution >= 0.6 is 0 Å². The number of halogens is 1. The van der Waals surface area contributed by atoms with E-state index in [0.717, 1.165) is 25.1 Å². The Morgan fingerprint density at radius 2 is 1.67 bits per heavy atom. The summed E-state index contributed by atoms with van der Waals surface area (Å²) in [6.45, 7) is 3.73. The van der Waals surface area contributed by atoms with Crippen LogP contribution in [0.3, 0.4) is 0 Å². The first kappa shape index (κ1) is 22.9. The third kappa shape index (κ3) is 5.40. The fourth-order valence-corrected chi connectivity index (χ4v) is 5.13. The van der Waals surface area contributed by atoms with Gasteiger partial charge in [-0.05, 0) is 55.3 Å². The summed E-state index contributed by atoms with van der Waals surface area (Å²) in [6.07, 6.45) is 0.812. The first-order valence-electron chi connectivity index (χ1n) is 10.8. The molecule has 6 nitrogen and oxygen atoms in total. The molecule has 33 heavy (non-hydrogen) atoms. The predicted molar refractivity (Wildman–Crippen MR) is 126 cm³/mol. The van der Waals surface area contributed by atoms with Crippen LogP contribution in [-0.4, -0.2) is 38.4 Å².